The molecule has 1 fully saturated rings. The molecule has 3 N–H and O–H groups in total. The Balaban J connectivity index is 2.32. The lowest BCUT2D eigenvalue weighted by Crippen LogP contribution is -2.51. The van der Waals surface area contributed by atoms with E-state index < -0.39 is 26.3 Å². The fourth-order valence-electron chi connectivity index (χ4n) is 2.43. The average Bonchev–Trinajstić information content (AvgIpc) is 2.77. The predicted molar refractivity (Wildman–Crippen MR) is 72.0 cm³/mol. The van der Waals surface area contributed by atoms with Crippen LogP contribution in [0.1, 0.15) is 25.7 Å². The first-order valence-corrected chi connectivity index (χ1v) is 7.94. The van der Waals surface area contributed by atoms with E-state index in [1.807, 2.05) is 0 Å². The third kappa shape index (κ3) is 3.08. The minimum absolute atomic E-state index is 0.158. The topological polar surface area (TPSA) is 72.2 Å². The number of rotatable bonds is 4. The second-order valence-corrected chi connectivity index (χ2v) is 6.96. The van der Waals surface area contributed by atoms with Gasteiger partial charge in [0.25, 0.3) is 0 Å². The largest absolute Gasteiger partial charge is 0.329 e. The Hall–Kier alpha value is -0.690. The molecule has 1 aromatic rings. The molecule has 0 heterocycles. The van der Waals surface area contributed by atoms with E-state index in [-0.39, 0.29) is 11.6 Å². The monoisotopic (exact) mass is 306 g/mol. The van der Waals surface area contributed by atoms with Crippen LogP contribution in [0.15, 0.2) is 23.1 Å². The highest BCUT2D eigenvalue weighted by atomic mass is 35.5. The molecule has 0 spiro atoms. The number of benzene rings is 1. The molecule has 1 aliphatic rings. The molecule has 2 rings (SSSR count). The molecule has 1 aliphatic carbocycles. The Morgan fingerprint density at radius 1 is 1.37 bits per heavy atom. The lowest BCUT2D eigenvalue weighted by molar-refractivity contribution is 0.398. The first-order chi connectivity index (χ1) is 8.88. The second-order valence-electron chi connectivity index (χ2n) is 4.87. The summed E-state index contributed by atoms with van der Waals surface area (Å²) < 4.78 is 40.7. The van der Waals surface area contributed by atoms with Gasteiger partial charge in [-0.05, 0) is 31.0 Å². The minimum Gasteiger partial charge on any atom is -0.329 e. The fraction of sp³-hybridized carbons (Fsp3) is 0.500. The van der Waals surface area contributed by atoms with Gasteiger partial charge in [-0.3, -0.25) is 0 Å². The lowest BCUT2D eigenvalue weighted by Gasteiger charge is -2.28. The van der Waals surface area contributed by atoms with Gasteiger partial charge in [0.1, 0.15) is 10.7 Å². The summed E-state index contributed by atoms with van der Waals surface area (Å²) in [6.45, 7) is 0.210. The smallest absolute Gasteiger partial charge is 0.244 e. The molecule has 4 nitrogen and oxygen atoms in total. The van der Waals surface area contributed by atoms with Crippen LogP contribution in [0.5, 0.6) is 0 Å². The highest BCUT2D eigenvalue weighted by Crippen LogP contribution is 2.31. The van der Waals surface area contributed by atoms with Crippen LogP contribution in [0.2, 0.25) is 5.02 Å². The van der Waals surface area contributed by atoms with Gasteiger partial charge in [0, 0.05) is 17.1 Å². The van der Waals surface area contributed by atoms with Crippen molar-refractivity contribution >= 4 is 21.6 Å². The van der Waals surface area contributed by atoms with Gasteiger partial charge in [0.15, 0.2) is 0 Å². The standard InChI is InChI=1S/C12H16ClFN2O2S/c13-9-3-4-11(10(14)7-9)19(17,18)16-12(8-15)5-1-2-6-12/h3-4,7,16H,1-2,5-6,8,15H2. The third-order valence-electron chi connectivity index (χ3n) is 3.49. The van der Waals surface area contributed by atoms with Crippen LogP contribution >= 0.6 is 11.6 Å². The van der Waals surface area contributed by atoms with E-state index in [1.54, 1.807) is 0 Å². The number of sulfonamides is 1. The van der Waals surface area contributed by atoms with Crippen molar-refractivity contribution in [3.63, 3.8) is 0 Å². The zero-order valence-corrected chi connectivity index (χ0v) is 11.9. The quantitative estimate of drug-likeness (QED) is 0.894. The number of halogens is 2. The molecule has 0 saturated heterocycles. The Labute approximate surface area is 117 Å². The Bertz CT molecular complexity index is 571. The van der Waals surface area contributed by atoms with Crippen LogP contribution in [0.4, 0.5) is 4.39 Å². The summed E-state index contributed by atoms with van der Waals surface area (Å²) >= 11 is 5.62. The van der Waals surface area contributed by atoms with Gasteiger partial charge in [0.2, 0.25) is 10.0 Å². The van der Waals surface area contributed by atoms with Crippen molar-refractivity contribution in [2.45, 2.75) is 36.1 Å². The van der Waals surface area contributed by atoms with Crippen LogP contribution in [0.3, 0.4) is 0 Å². The summed E-state index contributed by atoms with van der Waals surface area (Å²) in [5, 5.41) is 0.158. The Kier molecular flexibility index (Phi) is 4.15. The highest BCUT2D eigenvalue weighted by Gasteiger charge is 2.37. The van der Waals surface area contributed by atoms with Gasteiger partial charge in [-0.25, -0.2) is 17.5 Å². The molecule has 0 amide bonds. The predicted octanol–water partition coefficient (Wildman–Crippen LogP) is 2.03. The highest BCUT2D eigenvalue weighted by molar-refractivity contribution is 7.89. The summed E-state index contributed by atoms with van der Waals surface area (Å²) in [7, 11) is -3.93. The zero-order chi connectivity index (χ0) is 14.1. The molecule has 1 aromatic carbocycles. The van der Waals surface area contributed by atoms with E-state index in [9.17, 15) is 12.8 Å². The van der Waals surface area contributed by atoms with Crippen LogP contribution in [0.25, 0.3) is 0 Å². The molecule has 0 aliphatic heterocycles. The molecule has 7 heteroatoms. The summed E-state index contributed by atoms with van der Waals surface area (Å²) in [5.41, 5.74) is 5.03. The minimum atomic E-state index is -3.93. The van der Waals surface area contributed by atoms with E-state index in [2.05, 4.69) is 4.72 Å². The SMILES string of the molecule is NCC1(NS(=O)(=O)c2ccc(Cl)cc2F)CCCC1. The molecule has 0 unspecified atom stereocenters. The number of nitrogens with one attached hydrogen (secondary N) is 1. The van der Waals surface area contributed by atoms with Crippen molar-refractivity contribution in [3.05, 3.63) is 29.0 Å². The summed E-state index contributed by atoms with van der Waals surface area (Å²) in [5.74, 6) is -0.856. The van der Waals surface area contributed by atoms with E-state index in [0.29, 0.717) is 12.8 Å². The fourth-order valence-corrected chi connectivity index (χ4v) is 4.12. The average molecular weight is 307 g/mol. The van der Waals surface area contributed by atoms with E-state index >= 15 is 0 Å². The van der Waals surface area contributed by atoms with E-state index in [1.165, 1.54) is 12.1 Å². The maximum absolute atomic E-state index is 13.7. The van der Waals surface area contributed by atoms with Crippen molar-refractivity contribution in [1.82, 2.24) is 4.72 Å². The maximum atomic E-state index is 13.7. The zero-order valence-electron chi connectivity index (χ0n) is 10.3. The number of hydrogen-bond donors (Lipinski definition) is 2. The van der Waals surface area contributed by atoms with E-state index in [0.717, 1.165) is 18.9 Å². The molecular formula is C12H16ClFN2O2S. The van der Waals surface area contributed by atoms with Gasteiger partial charge in [-0.15, -0.1) is 0 Å². The van der Waals surface area contributed by atoms with Crippen molar-refractivity contribution < 1.29 is 12.8 Å². The first kappa shape index (κ1) is 14.7. The van der Waals surface area contributed by atoms with Gasteiger partial charge in [-0.2, -0.15) is 0 Å². The van der Waals surface area contributed by atoms with Crippen molar-refractivity contribution in [2.75, 3.05) is 6.54 Å². The maximum Gasteiger partial charge on any atom is 0.244 e. The van der Waals surface area contributed by atoms with Gasteiger partial charge in [0.05, 0.1) is 0 Å². The number of nitrogens with two attached hydrogens (primary N) is 1. The Morgan fingerprint density at radius 2 is 2.00 bits per heavy atom. The molecule has 106 valence electrons. The van der Waals surface area contributed by atoms with Crippen molar-refractivity contribution in [2.24, 2.45) is 5.73 Å². The molecular weight excluding hydrogens is 291 g/mol. The van der Waals surface area contributed by atoms with Crippen LogP contribution < -0.4 is 10.5 Å². The van der Waals surface area contributed by atoms with Crippen molar-refractivity contribution in [3.8, 4) is 0 Å². The summed E-state index contributed by atoms with van der Waals surface area (Å²) in [6, 6.07) is 3.50. The summed E-state index contributed by atoms with van der Waals surface area (Å²) in [6.07, 6.45) is 3.20. The summed E-state index contributed by atoms with van der Waals surface area (Å²) in [4.78, 5) is -0.392. The van der Waals surface area contributed by atoms with Gasteiger partial charge in [-0.1, -0.05) is 24.4 Å². The molecule has 0 bridgehead atoms. The normalized spacial score (nSPS) is 18.7. The lowest BCUT2D eigenvalue weighted by atomic mass is 10.0. The molecule has 0 aromatic heterocycles. The van der Waals surface area contributed by atoms with E-state index in [4.69, 9.17) is 17.3 Å². The molecule has 19 heavy (non-hydrogen) atoms. The van der Waals surface area contributed by atoms with Gasteiger partial charge >= 0.3 is 0 Å². The van der Waals surface area contributed by atoms with Crippen LogP contribution in [-0.2, 0) is 10.0 Å². The van der Waals surface area contributed by atoms with Crippen LogP contribution in [-0.4, -0.2) is 20.5 Å². The number of hydrogen-bond acceptors (Lipinski definition) is 3. The Morgan fingerprint density at radius 3 is 2.53 bits per heavy atom. The van der Waals surface area contributed by atoms with Crippen molar-refractivity contribution in [1.29, 1.82) is 0 Å². The van der Waals surface area contributed by atoms with Crippen LogP contribution in [0, 0.1) is 5.82 Å². The first-order valence-electron chi connectivity index (χ1n) is 6.08. The molecule has 0 atom stereocenters. The molecule has 0 radical (unpaired) electrons. The van der Waals surface area contributed by atoms with Gasteiger partial charge < -0.3 is 5.73 Å². The third-order valence-corrected chi connectivity index (χ3v) is 5.33. The molecule has 1 saturated carbocycles. The second kappa shape index (κ2) is 5.36.